The van der Waals surface area contributed by atoms with Gasteiger partial charge in [0, 0.05) is 47.0 Å². The molecule has 0 fully saturated rings. The van der Waals surface area contributed by atoms with Gasteiger partial charge < -0.3 is 9.80 Å². The van der Waals surface area contributed by atoms with E-state index in [4.69, 9.17) is 0 Å². The Labute approximate surface area is 316 Å². The first-order chi connectivity index (χ1) is 26.5. The summed E-state index contributed by atoms with van der Waals surface area (Å²) >= 11 is 0. The van der Waals surface area contributed by atoms with Gasteiger partial charge in [0.15, 0.2) is 0 Å². The standard InChI is InChI=1S/C52H40N2/c1-52(2)45-18-8-7-16-42(45)50-44(41-17-10-15-38-29-30-53(3)51(38)41)31-40(32-46(50)52)54(39-25-21-34(22-26-39)33-11-5-4-6-12-33)47-28-24-37-20-19-35-13-9-14-36-23-27-43(47)49(37)48(35)36/h4-28,31-32H,29-30H2,1-3H3. The number of anilines is 4. The van der Waals surface area contributed by atoms with Crippen LogP contribution in [0.4, 0.5) is 22.7 Å². The highest BCUT2D eigenvalue weighted by Crippen LogP contribution is 2.56. The Hall–Kier alpha value is -6.38. The summed E-state index contributed by atoms with van der Waals surface area (Å²) in [5, 5.41) is 7.75. The third kappa shape index (κ3) is 4.47. The molecule has 0 N–H and O–H groups in total. The van der Waals surface area contributed by atoms with Crippen molar-refractivity contribution in [3.8, 4) is 33.4 Å². The fourth-order valence-electron chi connectivity index (χ4n) is 9.78. The normalized spacial score (nSPS) is 14.2. The monoisotopic (exact) mass is 692 g/mol. The Bertz CT molecular complexity index is 2900. The molecule has 0 bridgehead atoms. The molecule has 0 unspecified atom stereocenters. The largest absolute Gasteiger partial charge is 0.374 e. The number of rotatable bonds is 5. The summed E-state index contributed by atoms with van der Waals surface area (Å²) in [4.78, 5) is 4.98. The van der Waals surface area contributed by atoms with E-state index in [1.54, 1.807) is 0 Å². The van der Waals surface area contributed by atoms with E-state index < -0.39 is 0 Å². The van der Waals surface area contributed by atoms with Crippen molar-refractivity contribution in [3.05, 3.63) is 180 Å². The number of nitrogens with zero attached hydrogens (tertiary/aromatic N) is 2. The number of hydrogen-bond donors (Lipinski definition) is 0. The van der Waals surface area contributed by atoms with Gasteiger partial charge in [-0.1, -0.05) is 147 Å². The van der Waals surface area contributed by atoms with Crippen LogP contribution in [-0.2, 0) is 11.8 Å². The van der Waals surface area contributed by atoms with Gasteiger partial charge in [-0.25, -0.2) is 0 Å². The lowest BCUT2D eigenvalue weighted by atomic mass is 9.81. The molecule has 1 heterocycles. The molecule has 54 heavy (non-hydrogen) atoms. The molecule has 2 nitrogen and oxygen atoms in total. The molecular formula is C52H40N2. The number of hydrogen-bond acceptors (Lipinski definition) is 2. The lowest BCUT2D eigenvalue weighted by Crippen LogP contribution is -2.17. The van der Waals surface area contributed by atoms with Gasteiger partial charge in [0.2, 0.25) is 0 Å². The lowest BCUT2D eigenvalue weighted by Gasteiger charge is -2.31. The molecule has 0 aromatic heterocycles. The van der Waals surface area contributed by atoms with Crippen LogP contribution in [0.25, 0.3) is 65.7 Å². The predicted octanol–water partition coefficient (Wildman–Crippen LogP) is 13.7. The summed E-state index contributed by atoms with van der Waals surface area (Å²) in [5.74, 6) is 0. The van der Waals surface area contributed by atoms with Gasteiger partial charge >= 0.3 is 0 Å². The summed E-state index contributed by atoms with van der Waals surface area (Å²) < 4.78 is 0. The molecule has 9 aromatic rings. The topological polar surface area (TPSA) is 6.48 Å². The van der Waals surface area contributed by atoms with Crippen LogP contribution < -0.4 is 9.80 Å². The van der Waals surface area contributed by atoms with Gasteiger partial charge in [-0.2, -0.15) is 0 Å². The van der Waals surface area contributed by atoms with Gasteiger partial charge in [0.1, 0.15) is 0 Å². The highest BCUT2D eigenvalue weighted by atomic mass is 15.1. The van der Waals surface area contributed by atoms with Crippen LogP contribution in [0.15, 0.2) is 164 Å². The van der Waals surface area contributed by atoms with Crippen LogP contribution in [0.1, 0.15) is 30.5 Å². The fraction of sp³-hybridized carbons (Fsp3) is 0.115. The van der Waals surface area contributed by atoms with E-state index in [0.29, 0.717) is 0 Å². The first kappa shape index (κ1) is 31.2. The van der Waals surface area contributed by atoms with Crippen molar-refractivity contribution in [2.75, 3.05) is 23.4 Å². The molecule has 0 saturated heterocycles. The van der Waals surface area contributed by atoms with Crippen LogP contribution >= 0.6 is 0 Å². The molecule has 0 radical (unpaired) electrons. The van der Waals surface area contributed by atoms with Gasteiger partial charge in [-0.15, -0.1) is 0 Å². The Kier molecular flexibility index (Phi) is 6.67. The number of likely N-dealkylation sites (N-methyl/N-ethyl adjacent to an activating group) is 1. The van der Waals surface area contributed by atoms with E-state index in [0.717, 1.165) is 18.7 Å². The Morgan fingerprint density at radius 1 is 0.519 bits per heavy atom. The molecule has 9 aromatic carbocycles. The molecule has 258 valence electrons. The minimum absolute atomic E-state index is 0.175. The summed E-state index contributed by atoms with van der Waals surface area (Å²) in [6.45, 7) is 5.85. The van der Waals surface area contributed by atoms with Crippen molar-refractivity contribution in [1.29, 1.82) is 0 Å². The second-order valence-electron chi connectivity index (χ2n) is 15.8. The maximum atomic E-state index is 2.52. The van der Waals surface area contributed by atoms with Crippen LogP contribution in [0.3, 0.4) is 0 Å². The minimum Gasteiger partial charge on any atom is -0.374 e. The molecule has 0 spiro atoms. The molecule has 0 saturated carbocycles. The van der Waals surface area contributed by atoms with E-state index >= 15 is 0 Å². The fourth-order valence-corrected chi connectivity index (χ4v) is 9.78. The second-order valence-corrected chi connectivity index (χ2v) is 15.8. The van der Waals surface area contributed by atoms with E-state index in [-0.39, 0.29) is 5.41 Å². The maximum absolute atomic E-state index is 2.52. The number of fused-ring (bicyclic) bond motifs is 4. The quantitative estimate of drug-likeness (QED) is 0.166. The minimum atomic E-state index is -0.175. The summed E-state index contributed by atoms with van der Waals surface area (Å²) in [6, 6.07) is 61.4. The molecule has 0 amide bonds. The van der Waals surface area contributed by atoms with Crippen molar-refractivity contribution in [1.82, 2.24) is 0 Å². The van der Waals surface area contributed by atoms with Crippen LogP contribution in [0.5, 0.6) is 0 Å². The lowest BCUT2D eigenvalue weighted by molar-refractivity contribution is 0.660. The maximum Gasteiger partial charge on any atom is 0.0540 e. The highest BCUT2D eigenvalue weighted by Gasteiger charge is 2.39. The third-order valence-electron chi connectivity index (χ3n) is 12.4. The molecule has 2 heteroatoms. The molecular weight excluding hydrogens is 653 g/mol. The SMILES string of the molecule is CN1CCc2cccc(-c3cc(N(c4ccc(-c5ccccc5)cc4)c4ccc5ccc6cccc7ccc4c5c67)cc4c3-c3ccccc3C4(C)C)c21. The highest BCUT2D eigenvalue weighted by molar-refractivity contribution is 6.25. The Balaban J connectivity index is 1.22. The number of para-hydroxylation sites is 1. The van der Waals surface area contributed by atoms with Crippen LogP contribution in [-0.4, -0.2) is 13.6 Å². The van der Waals surface area contributed by atoms with E-state index in [1.165, 1.54) is 99.5 Å². The second kappa shape index (κ2) is 11.6. The van der Waals surface area contributed by atoms with Crippen molar-refractivity contribution in [2.24, 2.45) is 0 Å². The summed E-state index contributed by atoms with van der Waals surface area (Å²) in [5.41, 5.74) is 16.6. The predicted molar refractivity (Wildman–Crippen MR) is 230 cm³/mol. The zero-order valence-corrected chi connectivity index (χ0v) is 30.9. The van der Waals surface area contributed by atoms with E-state index in [9.17, 15) is 0 Å². The van der Waals surface area contributed by atoms with Crippen molar-refractivity contribution < 1.29 is 0 Å². The van der Waals surface area contributed by atoms with Crippen LogP contribution in [0.2, 0.25) is 0 Å². The summed E-state index contributed by atoms with van der Waals surface area (Å²) in [6.07, 6.45) is 1.08. The zero-order valence-electron chi connectivity index (χ0n) is 30.9. The average Bonchev–Trinajstić information content (AvgIpc) is 3.71. The van der Waals surface area contributed by atoms with Crippen molar-refractivity contribution in [3.63, 3.8) is 0 Å². The van der Waals surface area contributed by atoms with Crippen molar-refractivity contribution >= 4 is 55.1 Å². The third-order valence-corrected chi connectivity index (χ3v) is 12.4. The van der Waals surface area contributed by atoms with Gasteiger partial charge in [0.05, 0.1) is 5.69 Å². The van der Waals surface area contributed by atoms with Crippen molar-refractivity contribution in [2.45, 2.75) is 25.7 Å². The molecule has 1 aliphatic carbocycles. The van der Waals surface area contributed by atoms with Gasteiger partial charge in [-0.05, 0) is 108 Å². The van der Waals surface area contributed by atoms with Gasteiger partial charge in [-0.3, -0.25) is 0 Å². The molecule has 2 aliphatic rings. The number of benzene rings is 9. The summed E-state index contributed by atoms with van der Waals surface area (Å²) in [7, 11) is 2.25. The molecule has 1 aliphatic heterocycles. The molecule has 0 atom stereocenters. The molecule has 11 rings (SSSR count). The van der Waals surface area contributed by atoms with E-state index in [2.05, 4.69) is 194 Å². The van der Waals surface area contributed by atoms with Crippen LogP contribution in [0, 0.1) is 0 Å². The average molecular weight is 693 g/mol. The van der Waals surface area contributed by atoms with Gasteiger partial charge in [0.25, 0.3) is 0 Å². The Morgan fingerprint density at radius 2 is 1.19 bits per heavy atom. The Morgan fingerprint density at radius 3 is 2.00 bits per heavy atom. The first-order valence-electron chi connectivity index (χ1n) is 19.2. The smallest absolute Gasteiger partial charge is 0.0540 e. The zero-order chi connectivity index (χ0) is 36.1. The first-order valence-corrected chi connectivity index (χ1v) is 19.2. The van der Waals surface area contributed by atoms with E-state index in [1.807, 2.05) is 0 Å².